The highest BCUT2D eigenvalue weighted by molar-refractivity contribution is 5.82. The average molecular weight is 226 g/mol. The Morgan fingerprint density at radius 2 is 2.25 bits per heavy atom. The van der Waals surface area contributed by atoms with E-state index >= 15 is 0 Å². The first-order valence-electron chi connectivity index (χ1n) is 6.40. The van der Waals surface area contributed by atoms with Gasteiger partial charge in [-0.3, -0.25) is 9.59 Å². The Morgan fingerprint density at radius 1 is 1.50 bits per heavy atom. The van der Waals surface area contributed by atoms with Crippen LogP contribution in [0.4, 0.5) is 0 Å². The quantitative estimate of drug-likeness (QED) is 0.679. The molecule has 0 aromatic heterocycles. The first-order valence-corrected chi connectivity index (χ1v) is 6.40. The number of rotatable bonds is 7. The maximum absolute atomic E-state index is 11.4. The van der Waals surface area contributed by atoms with E-state index in [0.717, 1.165) is 44.9 Å². The van der Waals surface area contributed by atoms with Crippen molar-refractivity contribution in [2.45, 2.75) is 58.3 Å². The zero-order valence-electron chi connectivity index (χ0n) is 10.1. The Balaban J connectivity index is 2.11. The Hall–Kier alpha value is -0.860. The number of hydrogen-bond donors (Lipinski definition) is 1. The van der Waals surface area contributed by atoms with Crippen molar-refractivity contribution in [1.82, 2.24) is 0 Å². The summed E-state index contributed by atoms with van der Waals surface area (Å²) in [7, 11) is 0. The molecule has 0 bridgehead atoms. The highest BCUT2D eigenvalue weighted by Gasteiger charge is 2.23. The highest BCUT2D eigenvalue weighted by atomic mass is 16.4. The Bertz CT molecular complexity index is 244. The second-order valence-corrected chi connectivity index (χ2v) is 4.78. The van der Waals surface area contributed by atoms with Gasteiger partial charge in [-0.2, -0.15) is 0 Å². The predicted molar refractivity (Wildman–Crippen MR) is 62.2 cm³/mol. The minimum Gasteiger partial charge on any atom is -0.481 e. The summed E-state index contributed by atoms with van der Waals surface area (Å²) >= 11 is 0. The maximum Gasteiger partial charge on any atom is 0.306 e. The number of carboxylic acid groups (broad SMARTS) is 1. The van der Waals surface area contributed by atoms with Gasteiger partial charge in [0, 0.05) is 12.3 Å². The first-order chi connectivity index (χ1) is 7.65. The van der Waals surface area contributed by atoms with E-state index in [2.05, 4.69) is 0 Å². The van der Waals surface area contributed by atoms with Crippen LogP contribution in [0.1, 0.15) is 58.3 Å². The molecule has 0 amide bonds. The number of aliphatic carboxylic acids is 1. The number of carbonyl (C=O) groups excluding carboxylic acids is 1. The van der Waals surface area contributed by atoms with Gasteiger partial charge in [-0.1, -0.05) is 19.8 Å². The molecule has 0 radical (unpaired) electrons. The third-order valence-electron chi connectivity index (χ3n) is 3.63. The normalized spacial score (nSPS) is 22.3. The second kappa shape index (κ2) is 6.66. The van der Waals surface area contributed by atoms with Gasteiger partial charge in [0.2, 0.25) is 0 Å². The van der Waals surface area contributed by atoms with E-state index in [1.165, 1.54) is 0 Å². The molecule has 0 saturated heterocycles. The van der Waals surface area contributed by atoms with Crippen LogP contribution in [0.15, 0.2) is 0 Å². The van der Waals surface area contributed by atoms with E-state index in [9.17, 15) is 9.59 Å². The van der Waals surface area contributed by atoms with Crippen molar-refractivity contribution in [3.05, 3.63) is 0 Å². The molecule has 0 spiro atoms. The van der Waals surface area contributed by atoms with Crippen LogP contribution in [-0.2, 0) is 9.59 Å². The topological polar surface area (TPSA) is 54.4 Å². The third kappa shape index (κ3) is 3.95. The molecule has 1 aliphatic rings. The Morgan fingerprint density at radius 3 is 2.75 bits per heavy atom. The minimum absolute atomic E-state index is 0.195. The number of carboxylic acids is 1. The Kier molecular flexibility index (Phi) is 5.50. The third-order valence-corrected chi connectivity index (χ3v) is 3.63. The number of hydrogen-bond acceptors (Lipinski definition) is 2. The molecular formula is C13H22O3. The zero-order valence-corrected chi connectivity index (χ0v) is 10.1. The van der Waals surface area contributed by atoms with Gasteiger partial charge in [-0.05, 0) is 32.1 Å². The zero-order chi connectivity index (χ0) is 12.0. The lowest BCUT2D eigenvalue weighted by Crippen LogP contribution is -2.12. The fraction of sp³-hybridized carbons (Fsp3) is 0.846. The van der Waals surface area contributed by atoms with E-state index < -0.39 is 5.97 Å². The molecule has 0 aromatic rings. The van der Waals surface area contributed by atoms with E-state index in [1.807, 2.05) is 6.92 Å². The number of carbonyl (C=O) groups is 2. The Labute approximate surface area is 97.2 Å². The lowest BCUT2D eigenvalue weighted by atomic mass is 9.95. The van der Waals surface area contributed by atoms with Gasteiger partial charge in [-0.25, -0.2) is 0 Å². The molecule has 0 heterocycles. The van der Waals surface area contributed by atoms with Crippen LogP contribution in [-0.4, -0.2) is 16.9 Å². The fourth-order valence-corrected chi connectivity index (χ4v) is 2.48. The van der Waals surface area contributed by atoms with E-state index in [0.29, 0.717) is 12.2 Å². The summed E-state index contributed by atoms with van der Waals surface area (Å²) < 4.78 is 0. The van der Waals surface area contributed by atoms with Gasteiger partial charge < -0.3 is 5.11 Å². The standard InChI is InChI=1S/C13H22O3/c1-2-10(13(15)16)6-3-4-7-11-8-5-9-12(11)14/h10-11H,2-9H2,1H3,(H,15,16). The fourth-order valence-electron chi connectivity index (χ4n) is 2.48. The van der Waals surface area contributed by atoms with Crippen LogP contribution >= 0.6 is 0 Å². The summed E-state index contributed by atoms with van der Waals surface area (Å²) in [5.74, 6) is -0.172. The van der Waals surface area contributed by atoms with Crippen LogP contribution in [0.3, 0.4) is 0 Å². The number of ketones is 1. The molecule has 0 aliphatic heterocycles. The number of unbranched alkanes of at least 4 members (excludes halogenated alkanes) is 1. The molecule has 3 nitrogen and oxygen atoms in total. The van der Waals surface area contributed by atoms with E-state index in [4.69, 9.17) is 5.11 Å². The largest absolute Gasteiger partial charge is 0.481 e. The van der Waals surface area contributed by atoms with Crippen LogP contribution in [0.25, 0.3) is 0 Å². The van der Waals surface area contributed by atoms with Crippen LogP contribution < -0.4 is 0 Å². The molecule has 1 fully saturated rings. The molecule has 1 saturated carbocycles. The summed E-state index contributed by atoms with van der Waals surface area (Å²) in [5.41, 5.74) is 0. The van der Waals surface area contributed by atoms with Crippen molar-refractivity contribution in [2.24, 2.45) is 11.8 Å². The maximum atomic E-state index is 11.4. The molecule has 0 aromatic carbocycles. The highest BCUT2D eigenvalue weighted by Crippen LogP contribution is 2.26. The van der Waals surface area contributed by atoms with Gasteiger partial charge in [0.25, 0.3) is 0 Å². The van der Waals surface area contributed by atoms with Crippen molar-refractivity contribution in [3.63, 3.8) is 0 Å². The summed E-state index contributed by atoms with van der Waals surface area (Å²) in [4.78, 5) is 22.2. The van der Waals surface area contributed by atoms with Gasteiger partial charge in [0.1, 0.15) is 5.78 Å². The van der Waals surface area contributed by atoms with Gasteiger partial charge in [0.05, 0.1) is 5.92 Å². The molecule has 2 atom stereocenters. The molecule has 16 heavy (non-hydrogen) atoms. The predicted octanol–water partition coefficient (Wildman–Crippen LogP) is 3.03. The van der Waals surface area contributed by atoms with E-state index in [-0.39, 0.29) is 11.8 Å². The van der Waals surface area contributed by atoms with Gasteiger partial charge in [-0.15, -0.1) is 0 Å². The smallest absolute Gasteiger partial charge is 0.306 e. The van der Waals surface area contributed by atoms with Gasteiger partial charge in [0.15, 0.2) is 0 Å². The lowest BCUT2D eigenvalue weighted by molar-refractivity contribution is -0.142. The molecule has 1 N–H and O–H groups in total. The summed E-state index contributed by atoms with van der Waals surface area (Å²) in [5, 5.41) is 8.87. The van der Waals surface area contributed by atoms with Crippen molar-refractivity contribution in [3.8, 4) is 0 Å². The SMILES string of the molecule is CCC(CCCCC1CCCC1=O)C(=O)O. The van der Waals surface area contributed by atoms with Crippen molar-refractivity contribution >= 4 is 11.8 Å². The van der Waals surface area contributed by atoms with Crippen LogP contribution in [0, 0.1) is 11.8 Å². The van der Waals surface area contributed by atoms with Crippen molar-refractivity contribution in [1.29, 1.82) is 0 Å². The van der Waals surface area contributed by atoms with Crippen LogP contribution in [0.2, 0.25) is 0 Å². The molecule has 1 aliphatic carbocycles. The minimum atomic E-state index is -0.681. The molecule has 3 heteroatoms. The molecule has 1 rings (SSSR count). The monoisotopic (exact) mass is 226 g/mol. The molecule has 92 valence electrons. The first kappa shape index (κ1) is 13.2. The van der Waals surface area contributed by atoms with Crippen LogP contribution in [0.5, 0.6) is 0 Å². The summed E-state index contributed by atoms with van der Waals surface area (Å²) in [6, 6.07) is 0. The molecule has 2 unspecified atom stereocenters. The number of Topliss-reactive ketones (excluding diaryl/α,β-unsaturated/α-hetero) is 1. The van der Waals surface area contributed by atoms with Crippen molar-refractivity contribution < 1.29 is 14.7 Å². The second-order valence-electron chi connectivity index (χ2n) is 4.78. The average Bonchev–Trinajstić information content (AvgIpc) is 2.64. The lowest BCUT2D eigenvalue weighted by Gasteiger charge is -2.10. The van der Waals surface area contributed by atoms with Gasteiger partial charge >= 0.3 is 5.97 Å². The summed E-state index contributed by atoms with van der Waals surface area (Å²) in [6.07, 6.45) is 7.23. The van der Waals surface area contributed by atoms with Crippen molar-refractivity contribution in [2.75, 3.05) is 0 Å². The van der Waals surface area contributed by atoms with E-state index in [1.54, 1.807) is 0 Å². The summed E-state index contributed by atoms with van der Waals surface area (Å²) in [6.45, 7) is 1.92. The molecular weight excluding hydrogens is 204 g/mol.